The fourth-order valence-corrected chi connectivity index (χ4v) is 5.14. The highest BCUT2D eigenvalue weighted by Gasteiger charge is 2.46. The molecular weight excluding hydrogens is 420 g/mol. The number of carbonyl (C=O) groups excluding carboxylic acids is 2. The maximum absolute atomic E-state index is 13.1. The number of para-hydroxylation sites is 1. The Balaban J connectivity index is 1.53. The van der Waals surface area contributed by atoms with E-state index in [4.69, 9.17) is 0 Å². The number of likely N-dealkylation sites (tertiary alicyclic amines) is 1. The van der Waals surface area contributed by atoms with Gasteiger partial charge in [0.05, 0.1) is 11.6 Å². The topological polar surface area (TPSA) is 73.4 Å². The molecule has 0 bridgehead atoms. The van der Waals surface area contributed by atoms with Gasteiger partial charge in [0.25, 0.3) is 11.7 Å². The quantitative estimate of drug-likeness (QED) is 0.253. The molecule has 1 fully saturated rings. The molecule has 5 rings (SSSR count). The van der Waals surface area contributed by atoms with E-state index < -0.39 is 17.7 Å². The molecule has 1 amide bonds. The Hall–Kier alpha value is -3.64. The van der Waals surface area contributed by atoms with Crippen LogP contribution in [-0.4, -0.2) is 33.2 Å². The number of H-pyrrole nitrogens is 1. The van der Waals surface area contributed by atoms with Crippen LogP contribution in [0.5, 0.6) is 0 Å². The van der Waals surface area contributed by atoms with Crippen LogP contribution in [0.1, 0.15) is 27.6 Å². The Morgan fingerprint density at radius 3 is 2.59 bits per heavy atom. The van der Waals surface area contributed by atoms with E-state index in [9.17, 15) is 14.7 Å². The van der Waals surface area contributed by atoms with Gasteiger partial charge < -0.3 is 15.0 Å². The second-order valence-corrected chi connectivity index (χ2v) is 8.96. The zero-order chi connectivity index (χ0) is 22.2. The van der Waals surface area contributed by atoms with E-state index >= 15 is 0 Å². The van der Waals surface area contributed by atoms with Gasteiger partial charge in [0.15, 0.2) is 0 Å². The molecule has 5 nitrogen and oxygen atoms in total. The maximum Gasteiger partial charge on any atom is 0.295 e. The normalized spacial score (nSPS) is 18.0. The van der Waals surface area contributed by atoms with E-state index in [2.05, 4.69) is 4.98 Å². The number of aromatic nitrogens is 1. The molecule has 160 valence electrons. The van der Waals surface area contributed by atoms with Gasteiger partial charge in [-0.2, -0.15) is 0 Å². The molecule has 6 heteroatoms. The summed E-state index contributed by atoms with van der Waals surface area (Å²) in [5.74, 6) is -1.34. The number of amides is 1. The largest absolute Gasteiger partial charge is 0.507 e. The maximum atomic E-state index is 13.1. The van der Waals surface area contributed by atoms with Crippen molar-refractivity contribution in [1.82, 2.24) is 9.88 Å². The summed E-state index contributed by atoms with van der Waals surface area (Å²) in [5.41, 5.74) is 3.87. The minimum absolute atomic E-state index is 0.128. The molecule has 1 unspecified atom stereocenters. The summed E-state index contributed by atoms with van der Waals surface area (Å²) in [6, 6.07) is 18.5. The fourth-order valence-electron chi connectivity index (χ4n) is 4.30. The number of rotatable bonds is 5. The number of benzene rings is 2. The van der Waals surface area contributed by atoms with Gasteiger partial charge in [-0.15, -0.1) is 11.3 Å². The van der Waals surface area contributed by atoms with Crippen molar-refractivity contribution < 1.29 is 14.7 Å². The molecule has 0 aliphatic carbocycles. The third-order valence-corrected chi connectivity index (χ3v) is 6.90. The van der Waals surface area contributed by atoms with Crippen molar-refractivity contribution in [3.8, 4) is 0 Å². The predicted molar refractivity (Wildman–Crippen MR) is 127 cm³/mol. The van der Waals surface area contributed by atoms with Gasteiger partial charge in [-0.1, -0.05) is 54.1 Å². The smallest absolute Gasteiger partial charge is 0.295 e. The van der Waals surface area contributed by atoms with Crippen LogP contribution in [0.3, 0.4) is 0 Å². The van der Waals surface area contributed by atoms with E-state index in [1.165, 1.54) is 11.3 Å². The highest BCUT2D eigenvalue weighted by Crippen LogP contribution is 2.41. The SMILES string of the molecule is Cc1ccc(/C(O)=C2/C(=O)C(=O)N(CCc3c[nH]c4ccccc34)C2c2cccs2)cc1. The van der Waals surface area contributed by atoms with Crippen LogP contribution in [0.2, 0.25) is 0 Å². The highest BCUT2D eigenvalue weighted by atomic mass is 32.1. The number of hydrogen-bond donors (Lipinski definition) is 2. The molecule has 2 aromatic carbocycles. The molecule has 1 saturated heterocycles. The number of carbonyl (C=O) groups is 2. The van der Waals surface area contributed by atoms with Gasteiger partial charge in [0.2, 0.25) is 0 Å². The number of nitrogens with zero attached hydrogens (tertiary/aromatic N) is 1. The summed E-state index contributed by atoms with van der Waals surface area (Å²) in [6.45, 7) is 2.33. The number of aliphatic hydroxyl groups excluding tert-OH is 1. The standard InChI is InChI=1S/C26H22N2O3S/c1-16-8-10-17(11-9-16)24(29)22-23(21-7-4-14-32-21)28(26(31)25(22)30)13-12-18-15-27-20-6-3-2-5-19(18)20/h2-11,14-15,23,27,29H,12-13H2,1H3/b24-22-. The zero-order valence-electron chi connectivity index (χ0n) is 17.5. The summed E-state index contributed by atoms with van der Waals surface area (Å²) in [4.78, 5) is 31.8. The van der Waals surface area contributed by atoms with Crippen LogP contribution in [0.15, 0.2) is 77.8 Å². The van der Waals surface area contributed by atoms with Crippen LogP contribution < -0.4 is 0 Å². The lowest BCUT2D eigenvalue weighted by Gasteiger charge is -2.24. The summed E-state index contributed by atoms with van der Waals surface area (Å²) < 4.78 is 0. The predicted octanol–water partition coefficient (Wildman–Crippen LogP) is 5.20. The minimum atomic E-state index is -0.639. The number of ketones is 1. The Bertz CT molecular complexity index is 1330. The second-order valence-electron chi connectivity index (χ2n) is 7.98. The van der Waals surface area contributed by atoms with Gasteiger partial charge in [-0.25, -0.2) is 0 Å². The van der Waals surface area contributed by atoms with Crippen LogP contribution in [0, 0.1) is 6.92 Å². The van der Waals surface area contributed by atoms with Crippen molar-refractivity contribution in [3.63, 3.8) is 0 Å². The number of fused-ring (bicyclic) bond motifs is 1. The van der Waals surface area contributed by atoms with Gasteiger partial charge in [0.1, 0.15) is 5.76 Å². The van der Waals surface area contributed by atoms with Crippen LogP contribution in [0.4, 0.5) is 0 Å². The lowest BCUT2D eigenvalue weighted by Crippen LogP contribution is -2.31. The monoisotopic (exact) mass is 442 g/mol. The van der Waals surface area contributed by atoms with Crippen LogP contribution in [-0.2, 0) is 16.0 Å². The number of nitrogens with one attached hydrogen (secondary N) is 1. The first-order valence-electron chi connectivity index (χ1n) is 10.5. The van der Waals surface area contributed by atoms with Gasteiger partial charge in [-0.05, 0) is 36.4 Å². The first kappa shape index (κ1) is 20.3. The molecule has 2 aromatic heterocycles. The number of aliphatic hydroxyl groups is 1. The van der Waals surface area contributed by atoms with E-state index in [1.807, 2.05) is 67.0 Å². The highest BCUT2D eigenvalue weighted by molar-refractivity contribution is 7.10. The lowest BCUT2D eigenvalue weighted by atomic mass is 9.99. The lowest BCUT2D eigenvalue weighted by molar-refractivity contribution is -0.139. The summed E-state index contributed by atoms with van der Waals surface area (Å²) >= 11 is 1.48. The average Bonchev–Trinajstić information content (AvgIpc) is 3.52. The first-order valence-corrected chi connectivity index (χ1v) is 11.4. The van der Waals surface area contributed by atoms with Gasteiger partial charge in [0, 0.05) is 34.1 Å². The van der Waals surface area contributed by atoms with Crippen LogP contribution in [0.25, 0.3) is 16.7 Å². The molecule has 0 radical (unpaired) electrons. The number of Topliss-reactive ketones (excluding diaryl/α,β-unsaturated/α-hetero) is 1. The number of aryl methyl sites for hydroxylation is 1. The van der Waals surface area contributed by atoms with Gasteiger partial charge in [-0.3, -0.25) is 9.59 Å². The molecule has 1 atom stereocenters. The van der Waals surface area contributed by atoms with E-state index in [1.54, 1.807) is 17.0 Å². The fraction of sp³-hybridized carbons (Fsp3) is 0.154. The van der Waals surface area contributed by atoms with Crippen molar-refractivity contribution in [2.75, 3.05) is 6.54 Å². The molecule has 1 aliphatic heterocycles. The molecule has 0 spiro atoms. The van der Waals surface area contributed by atoms with Crippen LogP contribution >= 0.6 is 11.3 Å². The molecule has 1 aliphatic rings. The second kappa shape index (κ2) is 8.13. The molecule has 32 heavy (non-hydrogen) atoms. The Kier molecular flexibility index (Phi) is 5.15. The van der Waals surface area contributed by atoms with Crippen molar-refractivity contribution in [2.24, 2.45) is 0 Å². The number of thiophene rings is 1. The molecule has 2 N–H and O–H groups in total. The number of hydrogen-bond acceptors (Lipinski definition) is 4. The third-order valence-electron chi connectivity index (χ3n) is 5.97. The summed E-state index contributed by atoms with van der Waals surface area (Å²) in [5, 5.41) is 14.1. The van der Waals surface area contributed by atoms with E-state index in [0.29, 0.717) is 18.5 Å². The number of aromatic amines is 1. The minimum Gasteiger partial charge on any atom is -0.507 e. The van der Waals surface area contributed by atoms with E-state index in [-0.39, 0.29) is 11.3 Å². The molecule has 0 saturated carbocycles. The molecule has 4 aromatic rings. The summed E-state index contributed by atoms with van der Waals surface area (Å²) in [7, 11) is 0. The zero-order valence-corrected chi connectivity index (χ0v) is 18.4. The van der Waals surface area contributed by atoms with E-state index in [0.717, 1.165) is 26.9 Å². The Morgan fingerprint density at radius 1 is 1.06 bits per heavy atom. The molecular formula is C26H22N2O3S. The van der Waals surface area contributed by atoms with Crippen molar-refractivity contribution in [1.29, 1.82) is 0 Å². The van der Waals surface area contributed by atoms with Gasteiger partial charge >= 0.3 is 0 Å². The average molecular weight is 443 g/mol. The Morgan fingerprint density at radius 2 is 1.84 bits per heavy atom. The first-order chi connectivity index (χ1) is 15.5. The third kappa shape index (κ3) is 3.42. The summed E-state index contributed by atoms with van der Waals surface area (Å²) in [6.07, 6.45) is 2.55. The van der Waals surface area contributed by atoms with Crippen molar-refractivity contribution in [3.05, 3.63) is 99.4 Å². The van der Waals surface area contributed by atoms with Crippen molar-refractivity contribution in [2.45, 2.75) is 19.4 Å². The molecule has 3 heterocycles. The Labute approximate surface area is 189 Å². The van der Waals surface area contributed by atoms with Crippen molar-refractivity contribution >= 4 is 39.7 Å².